The Hall–Kier alpha value is -0.900. The fraction of sp³-hybridized carbons (Fsp3) is 0.467. The number of hydrogen-bond acceptors (Lipinski definition) is 2. The number of piperazine rings is 1. The van der Waals surface area contributed by atoms with E-state index in [1.165, 1.54) is 6.07 Å². The quantitative estimate of drug-likeness (QED) is 0.852. The number of hydrogen-bond donors (Lipinski definition) is 1. The van der Waals surface area contributed by atoms with Crippen LogP contribution in [0.1, 0.15) is 24.9 Å². The van der Waals surface area contributed by atoms with Crippen molar-refractivity contribution in [3.63, 3.8) is 0 Å². The van der Waals surface area contributed by atoms with Gasteiger partial charge in [0.2, 0.25) is 0 Å². The number of rotatable bonds is 4. The molecule has 0 aromatic heterocycles. The smallest absolute Gasteiger partial charge is 0.129 e. The van der Waals surface area contributed by atoms with Crippen LogP contribution in [0.3, 0.4) is 0 Å². The highest BCUT2D eigenvalue weighted by Crippen LogP contribution is 2.34. The second-order valence-electron chi connectivity index (χ2n) is 5.10. The molecular weight excluding hydrogens is 263 g/mol. The lowest BCUT2D eigenvalue weighted by Gasteiger charge is -2.36. The third kappa shape index (κ3) is 3.56. The van der Waals surface area contributed by atoms with Crippen LogP contribution in [-0.2, 0) is 0 Å². The van der Waals surface area contributed by atoms with Gasteiger partial charge >= 0.3 is 0 Å². The van der Waals surface area contributed by atoms with Crippen molar-refractivity contribution in [2.75, 3.05) is 26.2 Å². The van der Waals surface area contributed by atoms with Gasteiger partial charge in [-0.15, -0.1) is 6.58 Å². The molecule has 2 nitrogen and oxygen atoms in total. The minimum Gasteiger partial charge on any atom is -0.314 e. The van der Waals surface area contributed by atoms with E-state index in [1.807, 2.05) is 6.92 Å². The van der Waals surface area contributed by atoms with Crippen molar-refractivity contribution in [3.8, 4) is 0 Å². The Morgan fingerprint density at radius 3 is 2.74 bits per heavy atom. The van der Waals surface area contributed by atoms with E-state index in [0.29, 0.717) is 10.6 Å². The van der Waals surface area contributed by atoms with Crippen molar-refractivity contribution < 1.29 is 4.39 Å². The van der Waals surface area contributed by atoms with Crippen molar-refractivity contribution in [2.45, 2.75) is 19.4 Å². The maximum Gasteiger partial charge on any atom is 0.129 e. The van der Waals surface area contributed by atoms with Gasteiger partial charge in [0, 0.05) is 42.8 Å². The zero-order valence-corrected chi connectivity index (χ0v) is 12.0. The first-order valence-corrected chi connectivity index (χ1v) is 7.00. The highest BCUT2D eigenvalue weighted by molar-refractivity contribution is 6.31. The third-order valence-electron chi connectivity index (χ3n) is 3.47. The van der Waals surface area contributed by atoms with E-state index in [4.69, 9.17) is 11.6 Å². The summed E-state index contributed by atoms with van der Waals surface area (Å²) in [6.45, 7) is 9.61. The lowest BCUT2D eigenvalue weighted by molar-refractivity contribution is 0.169. The van der Waals surface area contributed by atoms with Gasteiger partial charge in [-0.3, -0.25) is 4.90 Å². The first kappa shape index (κ1) is 14.5. The number of benzene rings is 1. The lowest BCUT2D eigenvalue weighted by atomic mass is 9.97. The average Bonchev–Trinajstić information content (AvgIpc) is 2.38. The maximum absolute atomic E-state index is 14.1. The summed E-state index contributed by atoms with van der Waals surface area (Å²) < 4.78 is 14.1. The van der Waals surface area contributed by atoms with Crippen LogP contribution in [0.5, 0.6) is 0 Å². The molecule has 0 spiro atoms. The van der Waals surface area contributed by atoms with E-state index in [0.717, 1.165) is 38.2 Å². The molecule has 4 heteroatoms. The van der Waals surface area contributed by atoms with Crippen LogP contribution in [0.15, 0.2) is 30.4 Å². The maximum atomic E-state index is 14.1. The van der Waals surface area contributed by atoms with Crippen molar-refractivity contribution in [3.05, 3.63) is 46.8 Å². The van der Waals surface area contributed by atoms with E-state index >= 15 is 0 Å². The lowest BCUT2D eigenvalue weighted by Crippen LogP contribution is -2.45. The second-order valence-corrected chi connectivity index (χ2v) is 5.51. The Bertz CT molecular complexity index is 435. The molecule has 1 fully saturated rings. The molecule has 1 N–H and O–H groups in total. The number of nitrogens with zero attached hydrogens (tertiary/aromatic N) is 1. The molecule has 2 rings (SSSR count). The predicted octanol–water partition coefficient (Wildman–Crippen LogP) is 3.39. The third-order valence-corrected chi connectivity index (χ3v) is 3.80. The van der Waals surface area contributed by atoms with E-state index in [2.05, 4.69) is 16.8 Å². The Kier molecular flexibility index (Phi) is 4.97. The Morgan fingerprint density at radius 2 is 2.16 bits per heavy atom. The van der Waals surface area contributed by atoms with E-state index < -0.39 is 0 Å². The fourth-order valence-electron chi connectivity index (χ4n) is 2.57. The summed E-state index contributed by atoms with van der Waals surface area (Å²) >= 11 is 6.21. The van der Waals surface area contributed by atoms with Gasteiger partial charge in [0.15, 0.2) is 0 Å². The first-order chi connectivity index (χ1) is 9.09. The molecule has 1 aromatic carbocycles. The molecule has 1 aliphatic rings. The SMILES string of the molecule is C=C(C)C[C@@H](c1c(F)cccc1Cl)N1CCNCC1. The standard InChI is InChI=1S/C15H20ClFN2/c1-11(2)10-14(19-8-6-18-7-9-19)15-12(16)4-3-5-13(15)17/h3-5,14,18H,1,6-10H2,2H3/t14-/m0/s1. The van der Waals surface area contributed by atoms with Crippen LogP contribution >= 0.6 is 11.6 Å². The highest BCUT2D eigenvalue weighted by Gasteiger charge is 2.26. The van der Waals surface area contributed by atoms with Crippen LogP contribution in [0.2, 0.25) is 5.02 Å². The summed E-state index contributed by atoms with van der Waals surface area (Å²) in [5.41, 5.74) is 1.65. The Balaban J connectivity index is 2.33. The molecule has 19 heavy (non-hydrogen) atoms. The van der Waals surface area contributed by atoms with E-state index in [-0.39, 0.29) is 11.9 Å². The second kappa shape index (κ2) is 6.51. The van der Waals surface area contributed by atoms with Gasteiger partial charge in [-0.1, -0.05) is 23.2 Å². The Morgan fingerprint density at radius 1 is 1.47 bits per heavy atom. The molecule has 0 saturated carbocycles. The minimum absolute atomic E-state index is 0.0201. The molecule has 0 bridgehead atoms. The summed E-state index contributed by atoms with van der Waals surface area (Å²) in [7, 11) is 0. The molecule has 1 aromatic rings. The zero-order chi connectivity index (χ0) is 13.8. The van der Waals surface area contributed by atoms with E-state index in [9.17, 15) is 4.39 Å². The van der Waals surface area contributed by atoms with Crippen molar-refractivity contribution >= 4 is 11.6 Å². The molecule has 1 heterocycles. The number of nitrogens with one attached hydrogen (secondary N) is 1. The minimum atomic E-state index is -0.225. The number of halogens is 2. The topological polar surface area (TPSA) is 15.3 Å². The summed E-state index contributed by atoms with van der Waals surface area (Å²) in [5, 5.41) is 3.82. The van der Waals surface area contributed by atoms with Crippen LogP contribution in [0, 0.1) is 5.82 Å². The van der Waals surface area contributed by atoms with Crippen molar-refractivity contribution in [1.82, 2.24) is 10.2 Å². The van der Waals surface area contributed by atoms with Gasteiger partial charge in [0.1, 0.15) is 5.82 Å². The fourth-order valence-corrected chi connectivity index (χ4v) is 2.86. The summed E-state index contributed by atoms with van der Waals surface area (Å²) in [4.78, 5) is 2.29. The van der Waals surface area contributed by atoms with Crippen molar-refractivity contribution in [2.24, 2.45) is 0 Å². The van der Waals surface area contributed by atoms with Gasteiger partial charge in [-0.25, -0.2) is 4.39 Å². The van der Waals surface area contributed by atoms with E-state index in [1.54, 1.807) is 12.1 Å². The Labute approximate surface area is 119 Å². The summed E-state index contributed by atoms with van der Waals surface area (Å²) in [5.74, 6) is -0.225. The van der Waals surface area contributed by atoms with Crippen LogP contribution < -0.4 is 5.32 Å². The molecule has 104 valence electrons. The molecular formula is C15H20ClFN2. The molecule has 1 atom stereocenters. The largest absolute Gasteiger partial charge is 0.314 e. The average molecular weight is 283 g/mol. The molecule has 0 unspecified atom stereocenters. The first-order valence-electron chi connectivity index (χ1n) is 6.62. The molecule has 0 amide bonds. The van der Waals surface area contributed by atoms with Gasteiger partial charge in [-0.2, -0.15) is 0 Å². The van der Waals surface area contributed by atoms with Gasteiger partial charge in [-0.05, 0) is 25.5 Å². The summed E-state index contributed by atoms with van der Waals surface area (Å²) in [6.07, 6.45) is 0.737. The highest BCUT2D eigenvalue weighted by atomic mass is 35.5. The van der Waals surface area contributed by atoms with Gasteiger partial charge < -0.3 is 5.32 Å². The predicted molar refractivity (Wildman–Crippen MR) is 78.0 cm³/mol. The monoisotopic (exact) mass is 282 g/mol. The normalized spacial score (nSPS) is 18.3. The molecule has 1 aliphatic heterocycles. The molecule has 0 aliphatic carbocycles. The van der Waals surface area contributed by atoms with Gasteiger partial charge in [0.05, 0.1) is 0 Å². The summed E-state index contributed by atoms with van der Waals surface area (Å²) in [6, 6.07) is 4.87. The van der Waals surface area contributed by atoms with Crippen molar-refractivity contribution in [1.29, 1.82) is 0 Å². The molecule has 0 radical (unpaired) electrons. The molecule has 1 saturated heterocycles. The van der Waals surface area contributed by atoms with Crippen LogP contribution in [-0.4, -0.2) is 31.1 Å². The zero-order valence-electron chi connectivity index (χ0n) is 11.3. The van der Waals surface area contributed by atoms with Gasteiger partial charge in [0.25, 0.3) is 0 Å². The van der Waals surface area contributed by atoms with Crippen LogP contribution in [0.4, 0.5) is 4.39 Å². The van der Waals surface area contributed by atoms with Crippen LogP contribution in [0.25, 0.3) is 0 Å².